The number of hydrogen-bond donors (Lipinski definition) is 1. The number of amides is 1. The Kier molecular flexibility index (Phi) is 2.92. The van der Waals surface area contributed by atoms with Gasteiger partial charge in [-0.1, -0.05) is 0 Å². The molecule has 58 valence electrons. The molecule has 0 heterocycles. The van der Waals surface area contributed by atoms with Crippen LogP contribution in [-0.4, -0.2) is 6.41 Å². The zero-order chi connectivity index (χ0) is 8.10. The van der Waals surface area contributed by atoms with Gasteiger partial charge < -0.3 is 0 Å². The molecule has 0 aliphatic carbocycles. The zero-order valence-electron chi connectivity index (χ0n) is 5.58. The molecule has 0 saturated carbocycles. The van der Waals surface area contributed by atoms with Crippen LogP contribution in [0.3, 0.4) is 0 Å². The SMILES string of the molecule is O=CNSc1ccc(F)cc1. The molecular formula is C7H6FNOS. The predicted molar refractivity (Wildman–Crippen MR) is 41.5 cm³/mol. The monoisotopic (exact) mass is 171 g/mol. The van der Waals surface area contributed by atoms with Crippen LogP contribution in [0.1, 0.15) is 0 Å². The van der Waals surface area contributed by atoms with Crippen molar-refractivity contribution in [1.29, 1.82) is 0 Å². The fourth-order valence-corrected chi connectivity index (χ4v) is 1.05. The Morgan fingerprint density at radius 3 is 2.55 bits per heavy atom. The highest BCUT2D eigenvalue weighted by Gasteiger charge is 1.91. The molecule has 0 fully saturated rings. The standard InChI is InChI=1S/C7H6FNOS/c8-6-1-3-7(4-2-6)11-9-5-10/h1-5H,(H,9,10). The second-order valence-corrected chi connectivity index (χ2v) is 2.70. The van der Waals surface area contributed by atoms with E-state index in [9.17, 15) is 9.18 Å². The van der Waals surface area contributed by atoms with Gasteiger partial charge in [0.2, 0.25) is 6.41 Å². The van der Waals surface area contributed by atoms with Gasteiger partial charge in [0.25, 0.3) is 0 Å². The third-order valence-electron chi connectivity index (χ3n) is 1.04. The van der Waals surface area contributed by atoms with Crippen LogP contribution in [-0.2, 0) is 4.79 Å². The van der Waals surface area contributed by atoms with Crippen molar-refractivity contribution in [2.75, 3.05) is 0 Å². The Hall–Kier alpha value is -1.03. The van der Waals surface area contributed by atoms with Crippen LogP contribution in [0.15, 0.2) is 29.2 Å². The van der Waals surface area contributed by atoms with Gasteiger partial charge in [-0.3, -0.25) is 9.52 Å². The van der Waals surface area contributed by atoms with E-state index in [1.54, 1.807) is 12.1 Å². The molecule has 0 aliphatic heterocycles. The van der Waals surface area contributed by atoms with Crippen LogP contribution < -0.4 is 4.72 Å². The van der Waals surface area contributed by atoms with E-state index in [-0.39, 0.29) is 5.82 Å². The lowest BCUT2D eigenvalue weighted by Gasteiger charge is -1.96. The van der Waals surface area contributed by atoms with E-state index in [2.05, 4.69) is 4.72 Å². The minimum atomic E-state index is -0.277. The van der Waals surface area contributed by atoms with E-state index < -0.39 is 0 Å². The molecule has 0 saturated heterocycles. The first-order valence-corrected chi connectivity index (χ1v) is 3.76. The maximum Gasteiger partial charge on any atom is 0.217 e. The van der Waals surface area contributed by atoms with Crippen molar-refractivity contribution in [2.45, 2.75) is 4.90 Å². The first-order chi connectivity index (χ1) is 5.33. The van der Waals surface area contributed by atoms with Crippen molar-refractivity contribution in [2.24, 2.45) is 0 Å². The minimum Gasteiger partial charge on any atom is -0.299 e. The number of nitrogens with one attached hydrogen (secondary N) is 1. The van der Waals surface area contributed by atoms with Crippen LogP contribution >= 0.6 is 11.9 Å². The summed E-state index contributed by atoms with van der Waals surface area (Å²) in [6.07, 6.45) is 0.577. The Balaban J connectivity index is 2.58. The van der Waals surface area contributed by atoms with Crippen molar-refractivity contribution in [3.8, 4) is 0 Å². The van der Waals surface area contributed by atoms with E-state index >= 15 is 0 Å². The van der Waals surface area contributed by atoms with Gasteiger partial charge in [0.1, 0.15) is 5.82 Å². The summed E-state index contributed by atoms with van der Waals surface area (Å²) in [5, 5.41) is 0. The molecule has 0 unspecified atom stereocenters. The molecule has 1 amide bonds. The maximum atomic E-state index is 12.3. The fourth-order valence-electron chi connectivity index (χ4n) is 0.595. The van der Waals surface area contributed by atoms with Gasteiger partial charge >= 0.3 is 0 Å². The van der Waals surface area contributed by atoms with E-state index in [1.165, 1.54) is 12.1 Å². The average molecular weight is 171 g/mol. The van der Waals surface area contributed by atoms with Gasteiger partial charge in [-0.25, -0.2) is 4.39 Å². The summed E-state index contributed by atoms with van der Waals surface area (Å²) in [5.74, 6) is -0.277. The third kappa shape index (κ3) is 2.59. The molecule has 1 N–H and O–H groups in total. The maximum absolute atomic E-state index is 12.3. The molecule has 0 atom stereocenters. The molecule has 1 aromatic rings. The third-order valence-corrected chi connectivity index (χ3v) is 1.76. The molecule has 0 spiro atoms. The van der Waals surface area contributed by atoms with E-state index in [4.69, 9.17) is 0 Å². The summed E-state index contributed by atoms with van der Waals surface area (Å²) < 4.78 is 14.7. The van der Waals surface area contributed by atoms with Crippen molar-refractivity contribution in [3.05, 3.63) is 30.1 Å². The molecule has 1 rings (SSSR count). The van der Waals surface area contributed by atoms with Gasteiger partial charge in [-0.15, -0.1) is 0 Å². The Labute approximate surface area is 67.9 Å². The van der Waals surface area contributed by atoms with Crippen LogP contribution in [0.25, 0.3) is 0 Å². The summed E-state index contributed by atoms with van der Waals surface area (Å²) in [6, 6.07) is 5.87. The van der Waals surface area contributed by atoms with Gasteiger partial charge in [-0.05, 0) is 36.2 Å². The minimum absolute atomic E-state index is 0.277. The summed E-state index contributed by atoms with van der Waals surface area (Å²) in [4.78, 5) is 10.6. The molecule has 11 heavy (non-hydrogen) atoms. The van der Waals surface area contributed by atoms with Gasteiger partial charge in [0.15, 0.2) is 0 Å². The molecule has 1 aromatic carbocycles. The van der Waals surface area contributed by atoms with Gasteiger partial charge in [-0.2, -0.15) is 0 Å². The number of rotatable bonds is 3. The van der Waals surface area contributed by atoms with E-state index in [1.807, 2.05) is 0 Å². The normalized spacial score (nSPS) is 9.18. The van der Waals surface area contributed by atoms with Crippen molar-refractivity contribution in [3.63, 3.8) is 0 Å². The van der Waals surface area contributed by atoms with Crippen molar-refractivity contribution < 1.29 is 9.18 Å². The van der Waals surface area contributed by atoms with Crippen molar-refractivity contribution in [1.82, 2.24) is 4.72 Å². The second-order valence-electron chi connectivity index (χ2n) is 1.79. The lowest BCUT2D eigenvalue weighted by molar-refractivity contribution is -0.107. The first-order valence-electron chi connectivity index (χ1n) is 2.94. The number of halogens is 1. The summed E-state index contributed by atoms with van der Waals surface area (Å²) in [6.45, 7) is 0. The first kappa shape index (κ1) is 8.07. The number of carbonyl (C=O) groups excluding carboxylic acids is 1. The number of hydrogen-bond acceptors (Lipinski definition) is 2. The van der Waals surface area contributed by atoms with Crippen LogP contribution in [0, 0.1) is 5.82 Å². The average Bonchev–Trinajstić information content (AvgIpc) is 2.04. The quantitative estimate of drug-likeness (QED) is 0.552. The van der Waals surface area contributed by atoms with E-state index in [0.29, 0.717) is 6.41 Å². The lowest BCUT2D eigenvalue weighted by Crippen LogP contribution is -1.96. The molecule has 4 heteroatoms. The highest BCUT2D eigenvalue weighted by atomic mass is 32.2. The second kappa shape index (κ2) is 3.98. The summed E-state index contributed by atoms with van der Waals surface area (Å²) in [7, 11) is 0. The van der Waals surface area contributed by atoms with Crippen molar-refractivity contribution >= 4 is 18.4 Å². The molecule has 0 aliphatic rings. The largest absolute Gasteiger partial charge is 0.299 e. The Morgan fingerprint density at radius 2 is 2.00 bits per heavy atom. The lowest BCUT2D eigenvalue weighted by atomic mass is 10.4. The predicted octanol–water partition coefficient (Wildman–Crippen LogP) is 1.58. The highest BCUT2D eigenvalue weighted by Crippen LogP contribution is 2.13. The smallest absolute Gasteiger partial charge is 0.217 e. The Bertz CT molecular complexity index is 237. The molecule has 0 bridgehead atoms. The molecule has 0 radical (unpaired) electrons. The van der Waals surface area contributed by atoms with E-state index in [0.717, 1.165) is 16.8 Å². The van der Waals surface area contributed by atoms with Crippen LogP contribution in [0.2, 0.25) is 0 Å². The Morgan fingerprint density at radius 1 is 1.36 bits per heavy atom. The van der Waals surface area contributed by atoms with Gasteiger partial charge in [0, 0.05) is 4.90 Å². The molecule has 0 aromatic heterocycles. The van der Waals surface area contributed by atoms with Gasteiger partial charge in [0.05, 0.1) is 0 Å². The van der Waals surface area contributed by atoms with Crippen LogP contribution in [0.5, 0.6) is 0 Å². The number of benzene rings is 1. The summed E-state index contributed by atoms with van der Waals surface area (Å²) in [5.41, 5.74) is 0. The topological polar surface area (TPSA) is 29.1 Å². The summed E-state index contributed by atoms with van der Waals surface area (Å²) >= 11 is 1.14. The molecular weight excluding hydrogens is 165 g/mol. The molecule has 2 nitrogen and oxygen atoms in total. The fraction of sp³-hybridized carbons (Fsp3) is 0. The van der Waals surface area contributed by atoms with Crippen LogP contribution in [0.4, 0.5) is 4.39 Å². The zero-order valence-corrected chi connectivity index (χ0v) is 6.40. The highest BCUT2D eigenvalue weighted by molar-refractivity contribution is 7.97. The number of carbonyl (C=O) groups is 1.